The fraction of sp³-hybridized carbons (Fsp3) is 0.483. The van der Waals surface area contributed by atoms with Crippen molar-refractivity contribution in [3.63, 3.8) is 0 Å². The molecule has 5 atom stereocenters. The van der Waals surface area contributed by atoms with Crippen molar-refractivity contribution < 1.29 is 60.7 Å². The molecule has 7 N–H and O–H groups in total. The summed E-state index contributed by atoms with van der Waals surface area (Å²) in [6.07, 6.45) is 4.00. The molecule has 1 aromatic heterocycles. The van der Waals surface area contributed by atoms with E-state index in [9.17, 15) is 47.1 Å². The zero-order valence-corrected chi connectivity index (χ0v) is 48.8. The molecule has 2 aliphatic heterocycles. The molecule has 84 heavy (non-hydrogen) atoms. The van der Waals surface area contributed by atoms with Gasteiger partial charge in [0.05, 0.1) is 23.5 Å². The Kier molecular flexibility index (Phi) is 24.5. The molecule has 3 heterocycles. The molecule has 8 amide bonds. The average Bonchev–Trinajstić information content (AvgIpc) is 2.62. The Bertz CT molecular complexity index is 2970. The molecule has 2 aliphatic rings. The lowest BCUT2D eigenvalue weighted by Crippen LogP contribution is -2.47. The summed E-state index contributed by atoms with van der Waals surface area (Å²) in [7, 11) is 0. The van der Waals surface area contributed by atoms with Crippen molar-refractivity contribution in [3.05, 3.63) is 119 Å². The van der Waals surface area contributed by atoms with Gasteiger partial charge < -0.3 is 46.5 Å². The number of ether oxygens (including phenoxy) is 1. The minimum absolute atomic E-state index is 0.00424. The SMILES string of the molecule is CC(C)[C@H](NC(=O)CCCCCN1C(=O)C=CC1=O)C(=O)C[C@@H](CCCNC(N)=O)C(=O)Nc1ccc(COC(=O)NCCSCC(=O)N(C[C@@H]2CNC[C@@H]2F)[C@@H](c2nc(-c3cc(F)ccc3F)cn2Cc2cccc(F)c2)C(C)(C)C)cc1. The lowest BCUT2D eigenvalue weighted by atomic mass is 9.84. The van der Waals surface area contributed by atoms with E-state index in [4.69, 9.17) is 15.5 Å². The predicted octanol–water partition coefficient (Wildman–Crippen LogP) is 7.74. The van der Waals surface area contributed by atoms with Gasteiger partial charge in [0, 0.05) is 106 Å². The van der Waals surface area contributed by atoms with E-state index in [-0.39, 0.29) is 123 Å². The number of nitrogens with one attached hydrogen (secondary N) is 5. The van der Waals surface area contributed by atoms with Gasteiger partial charge in [-0.3, -0.25) is 33.7 Å². The maximum absolute atomic E-state index is 15.4. The zero-order valence-electron chi connectivity index (χ0n) is 48.0. The van der Waals surface area contributed by atoms with E-state index in [2.05, 4.69) is 26.6 Å². The number of carbonyl (C=O) groups excluding carboxylic acids is 8. The molecule has 0 saturated carbocycles. The monoisotopic (exact) mass is 1190 g/mol. The first kappa shape index (κ1) is 65.6. The molecule has 0 spiro atoms. The summed E-state index contributed by atoms with van der Waals surface area (Å²) < 4.78 is 66.8. The van der Waals surface area contributed by atoms with Crippen LogP contribution in [0.4, 0.5) is 32.8 Å². The Labute approximate surface area is 491 Å². The van der Waals surface area contributed by atoms with Crippen LogP contribution >= 0.6 is 11.8 Å². The Hall–Kier alpha value is -7.60. The van der Waals surface area contributed by atoms with Crippen LogP contribution in [0.3, 0.4) is 0 Å². The van der Waals surface area contributed by atoms with Crippen LogP contribution < -0.4 is 32.3 Å². The number of imide groups is 1. The molecule has 1 fully saturated rings. The van der Waals surface area contributed by atoms with E-state index in [0.29, 0.717) is 54.9 Å². The Morgan fingerprint density at radius 1 is 0.881 bits per heavy atom. The summed E-state index contributed by atoms with van der Waals surface area (Å²) in [6, 6.07) is 13.0. The minimum Gasteiger partial charge on any atom is -0.445 e. The van der Waals surface area contributed by atoms with Gasteiger partial charge in [0.1, 0.15) is 36.1 Å². The molecule has 0 bridgehead atoms. The molecule has 3 aromatic carbocycles. The molecule has 0 aliphatic carbocycles. The lowest BCUT2D eigenvalue weighted by molar-refractivity contribution is -0.137. The van der Waals surface area contributed by atoms with Crippen molar-refractivity contribution in [1.29, 1.82) is 0 Å². The number of nitrogens with zero attached hydrogens (tertiary/aromatic N) is 4. The number of hydrogen-bond acceptors (Lipinski definition) is 12. The predicted molar refractivity (Wildman–Crippen MR) is 310 cm³/mol. The van der Waals surface area contributed by atoms with Gasteiger partial charge in [-0.15, -0.1) is 0 Å². The van der Waals surface area contributed by atoms with Crippen LogP contribution in [0.15, 0.2) is 85.1 Å². The number of imidazole rings is 1. The highest BCUT2D eigenvalue weighted by molar-refractivity contribution is 7.99. The summed E-state index contributed by atoms with van der Waals surface area (Å²) in [5, 5.41) is 13.9. The van der Waals surface area contributed by atoms with Gasteiger partial charge >= 0.3 is 12.1 Å². The van der Waals surface area contributed by atoms with Gasteiger partial charge in [0.2, 0.25) is 17.7 Å². The van der Waals surface area contributed by atoms with Crippen molar-refractivity contribution in [1.82, 2.24) is 40.6 Å². The van der Waals surface area contributed by atoms with Crippen LogP contribution in [-0.2, 0) is 46.7 Å². The number of nitrogens with two attached hydrogens (primary N) is 1. The number of thioether (sulfide) groups is 1. The largest absolute Gasteiger partial charge is 0.445 e. The smallest absolute Gasteiger partial charge is 0.407 e. The summed E-state index contributed by atoms with van der Waals surface area (Å²) in [4.78, 5) is 110. The maximum Gasteiger partial charge on any atom is 0.407 e. The molecule has 454 valence electrons. The van der Waals surface area contributed by atoms with Crippen molar-refractivity contribution >= 4 is 64.9 Å². The number of halogens is 4. The number of urea groups is 1. The second-order valence-corrected chi connectivity index (χ2v) is 23.5. The number of unbranched alkanes of at least 4 members (excludes halogenated alkanes) is 2. The zero-order chi connectivity index (χ0) is 61.1. The van der Waals surface area contributed by atoms with E-state index < -0.39 is 71.0 Å². The van der Waals surface area contributed by atoms with Crippen LogP contribution in [0.1, 0.15) is 103 Å². The van der Waals surface area contributed by atoms with Gasteiger partial charge in [-0.1, -0.05) is 65.3 Å². The summed E-state index contributed by atoms with van der Waals surface area (Å²) >= 11 is 1.23. The van der Waals surface area contributed by atoms with E-state index in [0.717, 1.165) is 23.1 Å². The number of carbonyl (C=O) groups is 8. The number of primary amides is 1. The number of alkyl carbamates (subject to hydrolysis) is 1. The molecule has 0 radical (unpaired) electrons. The van der Waals surface area contributed by atoms with Crippen LogP contribution in [0, 0.1) is 40.6 Å². The summed E-state index contributed by atoms with van der Waals surface area (Å²) in [5.74, 6) is -5.32. The van der Waals surface area contributed by atoms with Crippen molar-refractivity contribution in [2.75, 3.05) is 56.1 Å². The van der Waals surface area contributed by atoms with Gasteiger partial charge in [-0.05, 0) is 90.6 Å². The normalized spacial score (nSPS) is 16.1. The highest BCUT2D eigenvalue weighted by Crippen LogP contribution is 2.41. The molecular weight excluding hydrogens is 1110 g/mol. The second kappa shape index (κ2) is 31.3. The number of amides is 8. The molecule has 4 aromatic rings. The molecule has 19 nitrogen and oxygen atoms in total. The highest BCUT2D eigenvalue weighted by Gasteiger charge is 2.41. The first-order valence-corrected chi connectivity index (χ1v) is 29.3. The maximum atomic E-state index is 15.4. The molecule has 24 heteroatoms. The standard InChI is InChI=1S/C60H76F4N10O9S/c1-37(2)54(71-50(76)14-7-6-8-25-73-51(77)21-22-52(73)78)49(75)28-40(12-10-23-67-58(65)81)57(80)69-44-18-15-38(16-19-44)35-83-59(82)68-24-26-84-36-53(79)74(33-41-30-66-31-47(41)64)55(60(3,4)5)56-70-48(45-29-43(62)17-20-46(45)63)34-72(56)32-39-11-9-13-42(61)27-39/h9,11,13,15-22,27,29,34,37,40-41,47,54-55,66H,6-8,10,12,14,23-26,28,30-33,35-36H2,1-5H3,(H,68,82)(H,69,80)(H,71,76)(H3,65,67,81)/t40-,41+,47+,54+,55+/m1/s1. The molecule has 6 rings (SSSR count). The van der Waals surface area contributed by atoms with Crippen molar-refractivity contribution in [2.24, 2.45) is 28.9 Å². The minimum atomic E-state index is -1.25. The van der Waals surface area contributed by atoms with Crippen LogP contribution in [0.5, 0.6) is 0 Å². The third-order valence-corrected chi connectivity index (χ3v) is 15.3. The second-order valence-electron chi connectivity index (χ2n) is 22.4. The van der Waals surface area contributed by atoms with Crippen LogP contribution in [0.25, 0.3) is 11.3 Å². The van der Waals surface area contributed by atoms with Gasteiger partial charge in [-0.2, -0.15) is 11.8 Å². The molecular formula is C60H76F4N10O9S. The molecule has 0 unspecified atom stereocenters. The first-order valence-electron chi connectivity index (χ1n) is 28.2. The fourth-order valence-corrected chi connectivity index (χ4v) is 10.7. The third-order valence-electron chi connectivity index (χ3n) is 14.3. The van der Waals surface area contributed by atoms with Gasteiger partial charge in [0.25, 0.3) is 11.8 Å². The van der Waals surface area contributed by atoms with Crippen molar-refractivity contribution in [2.45, 2.75) is 111 Å². The Morgan fingerprint density at radius 2 is 1.61 bits per heavy atom. The van der Waals surface area contributed by atoms with E-state index in [1.54, 1.807) is 65.9 Å². The van der Waals surface area contributed by atoms with Crippen molar-refractivity contribution in [3.8, 4) is 11.3 Å². The van der Waals surface area contributed by atoms with Gasteiger partial charge in [0.15, 0.2) is 5.78 Å². The number of hydrogen-bond donors (Lipinski definition) is 6. The number of alkyl halides is 1. The van der Waals surface area contributed by atoms with E-state index >= 15 is 8.78 Å². The highest BCUT2D eigenvalue weighted by atomic mass is 32.2. The number of ketones is 1. The Balaban J connectivity index is 1.01. The van der Waals surface area contributed by atoms with Crippen LogP contribution in [0.2, 0.25) is 0 Å². The number of Topliss-reactive ketones (excluding diaryl/α,β-unsaturated/α-hetero) is 1. The average molecular weight is 1190 g/mol. The fourth-order valence-electron chi connectivity index (χ4n) is 10.0. The number of rotatable bonds is 31. The topological polar surface area (TPSA) is 256 Å². The van der Waals surface area contributed by atoms with Crippen LogP contribution in [-0.4, -0.2) is 130 Å². The lowest BCUT2D eigenvalue weighted by Gasteiger charge is -2.41. The van der Waals surface area contributed by atoms with E-state index in [1.165, 1.54) is 36.0 Å². The quantitative estimate of drug-likeness (QED) is 0.0161. The third kappa shape index (κ3) is 19.8. The Morgan fingerprint density at radius 3 is 2.27 bits per heavy atom. The number of aromatic nitrogens is 2. The van der Waals surface area contributed by atoms with E-state index in [1.807, 2.05) is 20.8 Å². The summed E-state index contributed by atoms with van der Waals surface area (Å²) in [6.45, 7) is 10.1. The number of benzene rings is 3. The first-order chi connectivity index (χ1) is 40.0. The summed E-state index contributed by atoms with van der Waals surface area (Å²) in [5.41, 5.74) is 5.98. The number of anilines is 1. The van der Waals surface area contributed by atoms with Gasteiger partial charge in [-0.25, -0.2) is 32.1 Å². The molecule has 1 saturated heterocycles.